The number of carbonyl (C=O) groups excluding carboxylic acids is 1. The first kappa shape index (κ1) is 18.4. The molecule has 0 radical (unpaired) electrons. The highest BCUT2D eigenvalue weighted by molar-refractivity contribution is 7.15. The molecule has 1 amide bonds. The normalized spacial score (nSPS) is 10.6. The molecule has 0 saturated heterocycles. The lowest BCUT2D eigenvalue weighted by molar-refractivity contribution is -0.385. The summed E-state index contributed by atoms with van der Waals surface area (Å²) in [5.41, 5.74) is -1.11. The fraction of sp³-hybridized carbons (Fsp3) is 0.308. The molecule has 134 valence electrons. The van der Waals surface area contributed by atoms with Crippen molar-refractivity contribution < 1.29 is 28.0 Å². The average Bonchev–Trinajstić information content (AvgIpc) is 3.01. The van der Waals surface area contributed by atoms with E-state index in [4.69, 9.17) is 4.74 Å². The van der Waals surface area contributed by atoms with Crippen LogP contribution in [0, 0.1) is 10.1 Å². The highest BCUT2D eigenvalue weighted by Gasteiger charge is 2.26. The van der Waals surface area contributed by atoms with Crippen LogP contribution in [0.15, 0.2) is 12.1 Å². The molecule has 25 heavy (non-hydrogen) atoms. The van der Waals surface area contributed by atoms with Crippen molar-refractivity contribution in [2.75, 3.05) is 12.4 Å². The second-order valence-electron chi connectivity index (χ2n) is 4.46. The number of halogens is 2. The number of alkyl halides is 2. The lowest BCUT2D eigenvalue weighted by Gasteiger charge is -2.11. The lowest BCUT2D eigenvalue weighted by Crippen LogP contribution is -2.15. The molecule has 0 aliphatic carbocycles. The predicted molar refractivity (Wildman–Crippen MR) is 83.5 cm³/mol. The number of benzene rings is 1. The topological polar surface area (TPSA) is 116 Å². The van der Waals surface area contributed by atoms with E-state index in [1.807, 2.05) is 6.92 Å². The number of hydrogen-bond acceptors (Lipinski definition) is 8. The number of nitrogens with zero attached hydrogens (tertiary/aromatic N) is 3. The molecule has 12 heteroatoms. The third-order valence-corrected chi connectivity index (χ3v) is 3.91. The van der Waals surface area contributed by atoms with Crippen molar-refractivity contribution in [1.29, 1.82) is 0 Å². The van der Waals surface area contributed by atoms with Crippen molar-refractivity contribution in [2.45, 2.75) is 20.0 Å². The minimum atomic E-state index is -3.21. The van der Waals surface area contributed by atoms with Gasteiger partial charge in [0, 0.05) is 6.07 Å². The molecule has 1 aromatic carbocycles. The molecular formula is C13H12F2N4O5S. The number of hydrogen-bond donors (Lipinski definition) is 1. The Labute approximate surface area is 143 Å². The van der Waals surface area contributed by atoms with Crippen LogP contribution in [-0.4, -0.2) is 34.7 Å². The van der Waals surface area contributed by atoms with Gasteiger partial charge in [0.1, 0.15) is 10.6 Å². The number of aromatic nitrogens is 2. The molecule has 9 nitrogen and oxygen atoms in total. The fourth-order valence-electron chi connectivity index (χ4n) is 1.84. The van der Waals surface area contributed by atoms with Crippen LogP contribution in [0.4, 0.5) is 19.6 Å². The molecule has 0 aliphatic heterocycles. The number of aryl methyl sites for hydroxylation is 1. The Morgan fingerprint density at radius 2 is 2.12 bits per heavy atom. The smallest absolute Gasteiger partial charge is 0.387 e. The molecule has 1 aromatic heterocycles. The molecule has 0 atom stereocenters. The molecule has 1 N–H and O–H groups in total. The summed E-state index contributed by atoms with van der Waals surface area (Å²) < 4.78 is 33.9. The Bertz CT molecular complexity index is 799. The molecular weight excluding hydrogens is 362 g/mol. The van der Waals surface area contributed by atoms with E-state index in [-0.39, 0.29) is 10.9 Å². The first-order chi connectivity index (χ1) is 11.8. The molecule has 1 heterocycles. The van der Waals surface area contributed by atoms with E-state index in [9.17, 15) is 23.7 Å². The molecule has 0 fully saturated rings. The zero-order chi connectivity index (χ0) is 18.6. The van der Waals surface area contributed by atoms with Crippen molar-refractivity contribution in [3.63, 3.8) is 0 Å². The van der Waals surface area contributed by atoms with Crippen LogP contribution >= 0.6 is 11.3 Å². The molecule has 0 aliphatic rings. The van der Waals surface area contributed by atoms with Crippen molar-refractivity contribution in [2.24, 2.45) is 0 Å². The van der Waals surface area contributed by atoms with Crippen molar-refractivity contribution >= 4 is 28.1 Å². The van der Waals surface area contributed by atoms with E-state index in [1.54, 1.807) is 0 Å². The Kier molecular flexibility index (Phi) is 5.75. The standard InChI is InChI=1S/C13H12F2N4O5S/c1-3-10-17-18-13(25-10)16-11(20)6-4-8(23-2)9(24-12(14)15)5-7(6)19(21)22/h4-5,12H,3H2,1-2H3,(H,16,18,20). The number of nitro groups is 1. The summed E-state index contributed by atoms with van der Waals surface area (Å²) in [5.74, 6) is -1.65. The number of rotatable bonds is 7. The van der Waals surface area contributed by atoms with E-state index in [1.165, 1.54) is 0 Å². The van der Waals surface area contributed by atoms with Gasteiger partial charge in [0.05, 0.1) is 18.1 Å². The number of amides is 1. The van der Waals surface area contributed by atoms with E-state index < -0.39 is 34.4 Å². The molecule has 0 bridgehead atoms. The van der Waals surface area contributed by atoms with Crippen LogP contribution < -0.4 is 14.8 Å². The van der Waals surface area contributed by atoms with Crippen LogP contribution in [-0.2, 0) is 6.42 Å². The highest BCUT2D eigenvalue weighted by Crippen LogP contribution is 2.36. The van der Waals surface area contributed by atoms with Gasteiger partial charge in [-0.3, -0.25) is 20.2 Å². The molecule has 2 aromatic rings. The highest BCUT2D eigenvalue weighted by atomic mass is 32.1. The monoisotopic (exact) mass is 374 g/mol. The van der Waals surface area contributed by atoms with Gasteiger partial charge in [0.2, 0.25) is 5.13 Å². The number of nitro benzene ring substituents is 1. The van der Waals surface area contributed by atoms with Gasteiger partial charge >= 0.3 is 6.61 Å². The number of methoxy groups -OCH3 is 1. The summed E-state index contributed by atoms with van der Waals surface area (Å²) in [4.78, 5) is 22.6. The maximum Gasteiger partial charge on any atom is 0.387 e. The fourth-order valence-corrected chi connectivity index (χ4v) is 2.52. The summed E-state index contributed by atoms with van der Waals surface area (Å²) in [7, 11) is 1.15. The molecule has 0 spiro atoms. The molecule has 2 rings (SSSR count). The Balaban J connectivity index is 2.40. The predicted octanol–water partition coefficient (Wildman–Crippen LogP) is 2.87. The van der Waals surface area contributed by atoms with Gasteiger partial charge in [-0.05, 0) is 6.42 Å². The van der Waals surface area contributed by atoms with Gasteiger partial charge in [0.25, 0.3) is 11.6 Å². The summed E-state index contributed by atoms with van der Waals surface area (Å²) in [5, 5.41) is 21.9. The largest absolute Gasteiger partial charge is 0.493 e. The van der Waals surface area contributed by atoms with E-state index in [0.717, 1.165) is 24.5 Å². The van der Waals surface area contributed by atoms with Gasteiger partial charge in [-0.25, -0.2) is 0 Å². The summed E-state index contributed by atoms with van der Waals surface area (Å²) in [6.45, 7) is -1.36. The number of carbonyl (C=O) groups is 1. The third kappa shape index (κ3) is 4.35. The first-order valence-electron chi connectivity index (χ1n) is 6.80. The van der Waals surface area contributed by atoms with E-state index in [0.29, 0.717) is 17.5 Å². The number of nitrogens with one attached hydrogen (secondary N) is 1. The van der Waals surface area contributed by atoms with Crippen LogP contribution in [0.25, 0.3) is 0 Å². The van der Waals surface area contributed by atoms with Gasteiger partial charge in [-0.2, -0.15) is 8.78 Å². The Morgan fingerprint density at radius 3 is 2.64 bits per heavy atom. The van der Waals surface area contributed by atoms with Crippen LogP contribution in [0.5, 0.6) is 11.5 Å². The SMILES string of the molecule is CCc1nnc(NC(=O)c2cc(OC)c(OC(F)F)cc2[N+](=O)[O-])s1. The summed E-state index contributed by atoms with van der Waals surface area (Å²) in [6.07, 6.45) is 0.612. The minimum absolute atomic E-state index is 0.156. The minimum Gasteiger partial charge on any atom is -0.493 e. The van der Waals surface area contributed by atoms with Gasteiger partial charge < -0.3 is 9.47 Å². The van der Waals surface area contributed by atoms with Crippen LogP contribution in [0.3, 0.4) is 0 Å². The summed E-state index contributed by atoms with van der Waals surface area (Å²) in [6, 6.07) is 1.66. The molecule has 0 saturated carbocycles. The van der Waals surface area contributed by atoms with Gasteiger partial charge in [-0.1, -0.05) is 18.3 Å². The first-order valence-corrected chi connectivity index (χ1v) is 7.62. The quantitative estimate of drug-likeness (QED) is 0.585. The van der Waals surface area contributed by atoms with Crippen molar-refractivity contribution in [1.82, 2.24) is 10.2 Å². The van der Waals surface area contributed by atoms with Crippen LogP contribution in [0.1, 0.15) is 22.3 Å². The van der Waals surface area contributed by atoms with Crippen LogP contribution in [0.2, 0.25) is 0 Å². The summed E-state index contributed by atoms with van der Waals surface area (Å²) >= 11 is 1.11. The zero-order valence-corrected chi connectivity index (χ0v) is 13.8. The average molecular weight is 374 g/mol. The van der Waals surface area contributed by atoms with Crippen molar-refractivity contribution in [3.8, 4) is 11.5 Å². The number of anilines is 1. The van der Waals surface area contributed by atoms with Crippen molar-refractivity contribution in [3.05, 3.63) is 32.8 Å². The maximum absolute atomic E-state index is 12.4. The van der Waals surface area contributed by atoms with E-state index >= 15 is 0 Å². The second kappa shape index (κ2) is 7.79. The maximum atomic E-state index is 12.4. The molecule has 0 unspecified atom stereocenters. The number of ether oxygens (including phenoxy) is 2. The van der Waals surface area contributed by atoms with E-state index in [2.05, 4.69) is 20.3 Å². The Hall–Kier alpha value is -2.89. The van der Waals surface area contributed by atoms with Gasteiger partial charge in [0.15, 0.2) is 11.5 Å². The second-order valence-corrected chi connectivity index (χ2v) is 5.53. The zero-order valence-electron chi connectivity index (χ0n) is 13.0. The van der Waals surface area contributed by atoms with Gasteiger partial charge in [-0.15, -0.1) is 10.2 Å². The Morgan fingerprint density at radius 1 is 1.40 bits per heavy atom. The lowest BCUT2D eigenvalue weighted by atomic mass is 10.1. The third-order valence-electron chi connectivity index (χ3n) is 2.93.